The number of hydrogen-bond acceptors (Lipinski definition) is 6. The van der Waals surface area contributed by atoms with Crippen LogP contribution in [0, 0.1) is 10.1 Å². The molecule has 27 heavy (non-hydrogen) atoms. The molecule has 0 aromatic heterocycles. The fraction of sp³-hybridized carbons (Fsp3) is 0.158. The molecule has 0 saturated heterocycles. The van der Waals surface area contributed by atoms with E-state index in [0.717, 1.165) is 6.08 Å². The van der Waals surface area contributed by atoms with Crippen LogP contribution < -0.4 is 10.1 Å². The van der Waals surface area contributed by atoms with E-state index < -0.39 is 22.9 Å². The number of benzene rings is 2. The number of esters is 1. The van der Waals surface area contributed by atoms with Gasteiger partial charge in [-0.3, -0.25) is 14.9 Å². The molecule has 0 saturated carbocycles. The van der Waals surface area contributed by atoms with Gasteiger partial charge in [-0.2, -0.15) is 0 Å². The van der Waals surface area contributed by atoms with Crippen LogP contribution in [0.2, 0.25) is 0 Å². The number of nitro benzene ring substituents is 1. The van der Waals surface area contributed by atoms with Crippen LogP contribution in [0.1, 0.15) is 12.5 Å². The van der Waals surface area contributed by atoms with E-state index in [2.05, 4.69) is 5.32 Å². The Morgan fingerprint density at radius 1 is 1.19 bits per heavy atom. The van der Waals surface area contributed by atoms with Crippen LogP contribution in [0.25, 0.3) is 6.08 Å². The highest BCUT2D eigenvalue weighted by Gasteiger charge is 2.17. The Bertz CT molecular complexity index is 878. The minimum Gasteiger partial charge on any atom is -0.497 e. The highest BCUT2D eigenvalue weighted by Crippen LogP contribution is 2.17. The lowest BCUT2D eigenvalue weighted by Gasteiger charge is -2.12. The molecular formula is C19H18N2O6. The van der Waals surface area contributed by atoms with Gasteiger partial charge in [0.2, 0.25) is 0 Å². The summed E-state index contributed by atoms with van der Waals surface area (Å²) in [6, 6.07) is 12.5. The Kier molecular flexibility index (Phi) is 6.65. The first-order valence-electron chi connectivity index (χ1n) is 7.97. The first-order valence-corrected chi connectivity index (χ1v) is 7.97. The van der Waals surface area contributed by atoms with Crippen molar-refractivity contribution in [2.75, 3.05) is 12.4 Å². The molecule has 8 nitrogen and oxygen atoms in total. The van der Waals surface area contributed by atoms with Gasteiger partial charge in [-0.15, -0.1) is 0 Å². The lowest BCUT2D eigenvalue weighted by Crippen LogP contribution is -2.29. The Hall–Kier alpha value is -3.68. The normalized spacial score (nSPS) is 11.6. The second-order valence-electron chi connectivity index (χ2n) is 5.49. The molecule has 0 aliphatic heterocycles. The molecule has 0 bridgehead atoms. The zero-order valence-electron chi connectivity index (χ0n) is 14.7. The van der Waals surface area contributed by atoms with Gasteiger partial charge in [0.1, 0.15) is 5.75 Å². The number of carbonyl (C=O) groups excluding carboxylic acids is 2. The Morgan fingerprint density at radius 2 is 1.93 bits per heavy atom. The van der Waals surface area contributed by atoms with Crippen molar-refractivity contribution >= 4 is 29.3 Å². The molecule has 1 amide bonds. The summed E-state index contributed by atoms with van der Waals surface area (Å²) in [5.74, 6) is -0.660. The fourth-order valence-corrected chi connectivity index (χ4v) is 2.12. The molecule has 0 heterocycles. The molecule has 0 spiro atoms. The second-order valence-corrected chi connectivity index (χ2v) is 5.49. The smallest absolute Gasteiger partial charge is 0.331 e. The van der Waals surface area contributed by atoms with Crippen LogP contribution in [-0.4, -0.2) is 30.0 Å². The average molecular weight is 370 g/mol. The summed E-state index contributed by atoms with van der Waals surface area (Å²) in [5.41, 5.74) is 0.889. The molecule has 2 aromatic carbocycles. The highest BCUT2D eigenvalue weighted by molar-refractivity contribution is 5.96. The molecule has 1 atom stereocenters. The van der Waals surface area contributed by atoms with Crippen LogP contribution in [-0.2, 0) is 14.3 Å². The Labute approximate surface area is 155 Å². The number of non-ortho nitro benzene ring substituents is 1. The first-order chi connectivity index (χ1) is 12.9. The van der Waals surface area contributed by atoms with Crippen molar-refractivity contribution in [3.63, 3.8) is 0 Å². The van der Waals surface area contributed by atoms with Gasteiger partial charge in [0.25, 0.3) is 11.6 Å². The average Bonchev–Trinajstić information content (AvgIpc) is 2.66. The van der Waals surface area contributed by atoms with E-state index in [1.165, 1.54) is 38.3 Å². The van der Waals surface area contributed by atoms with E-state index in [4.69, 9.17) is 9.47 Å². The molecule has 2 rings (SSSR count). The third-order valence-electron chi connectivity index (χ3n) is 3.49. The van der Waals surface area contributed by atoms with Gasteiger partial charge in [0.15, 0.2) is 6.10 Å². The van der Waals surface area contributed by atoms with Crippen LogP contribution in [0.4, 0.5) is 11.4 Å². The number of hydrogen-bond donors (Lipinski definition) is 1. The number of amides is 1. The first kappa shape index (κ1) is 19.6. The molecule has 2 aromatic rings. The zero-order chi connectivity index (χ0) is 19.8. The van der Waals surface area contributed by atoms with E-state index >= 15 is 0 Å². The van der Waals surface area contributed by atoms with Crippen LogP contribution >= 0.6 is 0 Å². The monoisotopic (exact) mass is 370 g/mol. The van der Waals surface area contributed by atoms with Gasteiger partial charge in [0.05, 0.1) is 12.0 Å². The molecular weight excluding hydrogens is 352 g/mol. The summed E-state index contributed by atoms with van der Waals surface area (Å²) in [5, 5.41) is 13.4. The SMILES string of the molecule is COc1cccc(NC(=O)[C@@H](C)OC(=O)/C=C/c2cccc([N+](=O)[O-])c2)c1. The number of ether oxygens (including phenoxy) is 2. The highest BCUT2D eigenvalue weighted by atomic mass is 16.6. The van der Waals surface area contributed by atoms with Gasteiger partial charge in [-0.1, -0.05) is 18.2 Å². The summed E-state index contributed by atoms with van der Waals surface area (Å²) >= 11 is 0. The quantitative estimate of drug-likeness (QED) is 0.347. The van der Waals surface area contributed by atoms with E-state index in [9.17, 15) is 19.7 Å². The molecule has 0 aliphatic rings. The van der Waals surface area contributed by atoms with Crippen LogP contribution in [0.15, 0.2) is 54.6 Å². The van der Waals surface area contributed by atoms with E-state index in [1.54, 1.807) is 30.3 Å². The maximum Gasteiger partial charge on any atom is 0.331 e. The van der Waals surface area contributed by atoms with Gasteiger partial charge in [-0.25, -0.2) is 4.79 Å². The third kappa shape index (κ3) is 5.96. The maximum atomic E-state index is 12.1. The van der Waals surface area contributed by atoms with Crippen molar-refractivity contribution in [1.82, 2.24) is 0 Å². The van der Waals surface area contributed by atoms with Gasteiger partial charge in [0, 0.05) is 30.0 Å². The molecule has 1 N–H and O–H groups in total. The minimum absolute atomic E-state index is 0.0865. The standard InChI is InChI=1S/C19H18N2O6/c1-13(19(23)20-15-6-4-8-17(12-15)26-2)27-18(22)10-9-14-5-3-7-16(11-14)21(24)25/h3-13H,1-2H3,(H,20,23)/b10-9+/t13-/m1/s1. The van der Waals surface area contributed by atoms with Crippen molar-refractivity contribution in [1.29, 1.82) is 0 Å². The number of carbonyl (C=O) groups is 2. The van der Waals surface area contributed by atoms with Crippen molar-refractivity contribution in [3.05, 3.63) is 70.3 Å². The van der Waals surface area contributed by atoms with Crippen LogP contribution in [0.5, 0.6) is 5.75 Å². The second kappa shape index (κ2) is 9.14. The Morgan fingerprint density at radius 3 is 2.63 bits per heavy atom. The molecule has 0 unspecified atom stereocenters. The van der Waals surface area contributed by atoms with E-state index in [1.807, 2.05) is 0 Å². The van der Waals surface area contributed by atoms with Crippen molar-refractivity contribution in [2.45, 2.75) is 13.0 Å². The summed E-state index contributed by atoms with van der Waals surface area (Å²) < 4.78 is 10.1. The number of nitro groups is 1. The molecule has 0 radical (unpaired) electrons. The molecule has 0 aliphatic carbocycles. The molecule has 8 heteroatoms. The number of methoxy groups -OCH3 is 1. The van der Waals surface area contributed by atoms with Crippen molar-refractivity contribution in [3.8, 4) is 5.75 Å². The zero-order valence-corrected chi connectivity index (χ0v) is 14.7. The number of nitrogens with one attached hydrogen (secondary N) is 1. The van der Waals surface area contributed by atoms with Gasteiger partial charge >= 0.3 is 5.97 Å². The number of nitrogens with zero attached hydrogens (tertiary/aromatic N) is 1. The third-order valence-corrected chi connectivity index (χ3v) is 3.49. The van der Waals surface area contributed by atoms with Crippen LogP contribution in [0.3, 0.4) is 0 Å². The maximum absolute atomic E-state index is 12.1. The largest absolute Gasteiger partial charge is 0.497 e. The minimum atomic E-state index is -1.03. The topological polar surface area (TPSA) is 108 Å². The van der Waals surface area contributed by atoms with Gasteiger partial charge < -0.3 is 14.8 Å². The summed E-state index contributed by atoms with van der Waals surface area (Å²) in [6.07, 6.45) is 1.45. The number of anilines is 1. The van der Waals surface area contributed by atoms with Gasteiger partial charge in [-0.05, 0) is 30.7 Å². The van der Waals surface area contributed by atoms with Crippen molar-refractivity contribution < 1.29 is 24.0 Å². The molecule has 0 fully saturated rings. The van der Waals surface area contributed by atoms with E-state index in [0.29, 0.717) is 17.0 Å². The summed E-state index contributed by atoms with van der Waals surface area (Å²) in [7, 11) is 1.51. The fourth-order valence-electron chi connectivity index (χ4n) is 2.12. The van der Waals surface area contributed by atoms with E-state index in [-0.39, 0.29) is 5.69 Å². The lowest BCUT2D eigenvalue weighted by molar-refractivity contribution is -0.384. The molecule has 140 valence electrons. The van der Waals surface area contributed by atoms with Crippen molar-refractivity contribution in [2.24, 2.45) is 0 Å². The predicted octanol–water partition coefficient (Wildman–Crippen LogP) is 3.19. The number of rotatable bonds is 7. The predicted molar refractivity (Wildman–Crippen MR) is 99.3 cm³/mol. The lowest BCUT2D eigenvalue weighted by atomic mass is 10.2. The Balaban J connectivity index is 1.93. The summed E-state index contributed by atoms with van der Waals surface area (Å²) in [4.78, 5) is 34.2. The summed E-state index contributed by atoms with van der Waals surface area (Å²) in [6.45, 7) is 1.44.